The van der Waals surface area contributed by atoms with Crippen LogP contribution < -0.4 is 5.43 Å². The Morgan fingerprint density at radius 3 is 1.77 bits per heavy atom. The van der Waals surface area contributed by atoms with Crippen molar-refractivity contribution in [2.75, 3.05) is 26.3 Å². The molecule has 4 nitrogen and oxygen atoms in total. The van der Waals surface area contributed by atoms with Gasteiger partial charge in [0.2, 0.25) is 5.91 Å². The normalized spacial score (nSPS) is 15.5. The molecule has 26 heavy (non-hydrogen) atoms. The topological polar surface area (TPSA) is 41.6 Å². The van der Waals surface area contributed by atoms with Gasteiger partial charge in [-0.1, -0.05) is 90.9 Å². The van der Waals surface area contributed by atoms with E-state index < -0.39 is 0 Å². The molecule has 1 rings (SSSR count). The summed E-state index contributed by atoms with van der Waals surface area (Å²) in [4.78, 5) is 11.9. The maximum absolute atomic E-state index is 11.9. The number of carbonyl (C=O) groups excluding carboxylic acids is 1. The minimum atomic E-state index is 0.167. The SMILES string of the molecule is CC(C)CCCCCCCCCCCCCCC(=O)NN1CCOCC1. The third-order valence-corrected chi connectivity index (χ3v) is 5.23. The fourth-order valence-electron chi connectivity index (χ4n) is 3.51. The van der Waals surface area contributed by atoms with Crippen LogP contribution >= 0.6 is 0 Å². The van der Waals surface area contributed by atoms with Crippen LogP contribution in [0.3, 0.4) is 0 Å². The van der Waals surface area contributed by atoms with Gasteiger partial charge in [-0.3, -0.25) is 10.2 Å². The summed E-state index contributed by atoms with van der Waals surface area (Å²) in [6.45, 7) is 7.70. The standard InChI is InChI=1S/C22H44N2O2/c1-21(2)15-13-11-9-7-5-3-4-6-8-10-12-14-16-22(25)23-24-17-19-26-20-18-24/h21H,3-20H2,1-2H3,(H,23,25). The monoisotopic (exact) mass is 368 g/mol. The van der Waals surface area contributed by atoms with Gasteiger partial charge >= 0.3 is 0 Å². The van der Waals surface area contributed by atoms with Crippen molar-refractivity contribution >= 4 is 5.91 Å². The first-order valence-corrected chi connectivity index (χ1v) is 11.3. The number of morpholine rings is 1. The zero-order chi connectivity index (χ0) is 18.9. The Balaban J connectivity index is 1.74. The predicted molar refractivity (Wildman–Crippen MR) is 110 cm³/mol. The second kappa shape index (κ2) is 16.6. The highest BCUT2D eigenvalue weighted by atomic mass is 16.5. The molecule has 0 atom stereocenters. The molecule has 0 aliphatic carbocycles. The number of hydrazine groups is 1. The van der Waals surface area contributed by atoms with E-state index >= 15 is 0 Å². The summed E-state index contributed by atoms with van der Waals surface area (Å²) < 4.78 is 5.28. The van der Waals surface area contributed by atoms with Gasteiger partial charge in [0.1, 0.15) is 0 Å². The molecule has 1 fully saturated rings. The van der Waals surface area contributed by atoms with Gasteiger partial charge in [0, 0.05) is 19.5 Å². The lowest BCUT2D eigenvalue weighted by Gasteiger charge is -2.26. The van der Waals surface area contributed by atoms with Crippen LogP contribution in [0.5, 0.6) is 0 Å². The smallest absolute Gasteiger partial charge is 0.234 e. The summed E-state index contributed by atoms with van der Waals surface area (Å²) in [5, 5.41) is 1.98. The van der Waals surface area contributed by atoms with Crippen molar-refractivity contribution in [1.29, 1.82) is 0 Å². The van der Waals surface area contributed by atoms with Crippen molar-refractivity contribution in [3.05, 3.63) is 0 Å². The number of amides is 1. The first-order chi connectivity index (χ1) is 12.7. The van der Waals surface area contributed by atoms with Crippen molar-refractivity contribution in [2.45, 2.75) is 104 Å². The van der Waals surface area contributed by atoms with Crippen LogP contribution in [0.4, 0.5) is 0 Å². The third kappa shape index (κ3) is 14.5. The quantitative estimate of drug-likeness (QED) is 0.367. The first kappa shape index (κ1) is 23.4. The van der Waals surface area contributed by atoms with Gasteiger partial charge in [0.15, 0.2) is 0 Å². The number of rotatable bonds is 16. The van der Waals surface area contributed by atoms with E-state index in [4.69, 9.17) is 4.74 Å². The molecule has 1 heterocycles. The average Bonchev–Trinajstić information content (AvgIpc) is 2.62. The highest BCUT2D eigenvalue weighted by Crippen LogP contribution is 2.14. The van der Waals surface area contributed by atoms with Gasteiger partial charge in [-0.15, -0.1) is 0 Å². The number of hydrogen-bond acceptors (Lipinski definition) is 3. The van der Waals surface area contributed by atoms with Gasteiger partial charge in [-0.05, 0) is 12.3 Å². The van der Waals surface area contributed by atoms with Crippen LogP contribution in [0.2, 0.25) is 0 Å². The largest absolute Gasteiger partial charge is 0.379 e. The molecular weight excluding hydrogens is 324 g/mol. The highest BCUT2D eigenvalue weighted by molar-refractivity contribution is 5.75. The second-order valence-corrected chi connectivity index (χ2v) is 8.31. The van der Waals surface area contributed by atoms with E-state index in [9.17, 15) is 4.79 Å². The van der Waals surface area contributed by atoms with E-state index in [1.54, 1.807) is 0 Å². The van der Waals surface area contributed by atoms with Crippen LogP contribution in [0, 0.1) is 5.92 Å². The van der Waals surface area contributed by atoms with E-state index in [0.29, 0.717) is 6.42 Å². The molecule has 0 aromatic carbocycles. The Kier molecular flexibility index (Phi) is 14.9. The molecule has 0 saturated carbocycles. The number of unbranched alkanes of at least 4 members (excludes halogenated alkanes) is 11. The van der Waals surface area contributed by atoms with E-state index in [2.05, 4.69) is 19.3 Å². The van der Waals surface area contributed by atoms with Crippen molar-refractivity contribution in [3.63, 3.8) is 0 Å². The fourth-order valence-corrected chi connectivity index (χ4v) is 3.51. The number of ether oxygens (including phenoxy) is 1. The van der Waals surface area contributed by atoms with E-state index in [1.165, 1.54) is 77.0 Å². The highest BCUT2D eigenvalue weighted by Gasteiger charge is 2.12. The summed E-state index contributed by atoms with van der Waals surface area (Å²) >= 11 is 0. The van der Waals surface area contributed by atoms with Gasteiger partial charge in [0.05, 0.1) is 13.2 Å². The third-order valence-electron chi connectivity index (χ3n) is 5.23. The van der Waals surface area contributed by atoms with Crippen molar-refractivity contribution in [3.8, 4) is 0 Å². The van der Waals surface area contributed by atoms with Crippen molar-refractivity contribution in [1.82, 2.24) is 10.4 Å². The maximum atomic E-state index is 11.9. The molecule has 154 valence electrons. The fraction of sp³-hybridized carbons (Fsp3) is 0.955. The lowest BCUT2D eigenvalue weighted by molar-refractivity contribution is -0.128. The summed E-state index contributed by atoms with van der Waals surface area (Å²) in [7, 11) is 0. The Morgan fingerprint density at radius 2 is 1.27 bits per heavy atom. The molecule has 1 saturated heterocycles. The summed E-state index contributed by atoms with van der Waals surface area (Å²) in [5.41, 5.74) is 2.98. The summed E-state index contributed by atoms with van der Waals surface area (Å²) in [6, 6.07) is 0. The lowest BCUT2D eigenvalue weighted by Crippen LogP contribution is -2.48. The Morgan fingerprint density at radius 1 is 0.808 bits per heavy atom. The second-order valence-electron chi connectivity index (χ2n) is 8.31. The Hall–Kier alpha value is -0.610. The minimum Gasteiger partial charge on any atom is -0.379 e. The lowest BCUT2D eigenvalue weighted by atomic mass is 10.0. The Bertz CT molecular complexity index is 328. The molecule has 0 bridgehead atoms. The van der Waals surface area contributed by atoms with E-state index in [1.807, 2.05) is 5.01 Å². The van der Waals surface area contributed by atoms with E-state index in [-0.39, 0.29) is 5.91 Å². The van der Waals surface area contributed by atoms with Crippen molar-refractivity contribution < 1.29 is 9.53 Å². The van der Waals surface area contributed by atoms with E-state index in [0.717, 1.165) is 38.6 Å². The number of nitrogens with one attached hydrogen (secondary N) is 1. The van der Waals surface area contributed by atoms with Gasteiger partial charge in [-0.25, -0.2) is 5.01 Å². The Labute approximate surface area is 162 Å². The predicted octanol–water partition coefficient (Wildman–Crippen LogP) is 5.47. The van der Waals surface area contributed by atoms with Gasteiger partial charge < -0.3 is 4.74 Å². The molecule has 0 aromatic heterocycles. The summed E-state index contributed by atoms with van der Waals surface area (Å²) in [6.07, 6.45) is 18.2. The van der Waals surface area contributed by atoms with Crippen LogP contribution in [0.15, 0.2) is 0 Å². The van der Waals surface area contributed by atoms with Crippen LogP contribution in [0.1, 0.15) is 104 Å². The minimum absolute atomic E-state index is 0.167. The summed E-state index contributed by atoms with van der Waals surface area (Å²) in [5.74, 6) is 1.04. The molecule has 0 radical (unpaired) electrons. The average molecular weight is 369 g/mol. The van der Waals surface area contributed by atoms with Gasteiger partial charge in [-0.2, -0.15) is 0 Å². The molecule has 1 aliphatic rings. The molecule has 4 heteroatoms. The molecule has 1 aliphatic heterocycles. The molecule has 0 spiro atoms. The zero-order valence-electron chi connectivity index (χ0n) is 17.6. The molecule has 0 aromatic rings. The molecule has 1 amide bonds. The zero-order valence-corrected chi connectivity index (χ0v) is 17.6. The first-order valence-electron chi connectivity index (χ1n) is 11.3. The van der Waals surface area contributed by atoms with Crippen molar-refractivity contribution in [2.24, 2.45) is 5.92 Å². The van der Waals surface area contributed by atoms with Crippen LogP contribution in [-0.4, -0.2) is 37.2 Å². The number of carbonyl (C=O) groups is 1. The molecule has 0 unspecified atom stereocenters. The van der Waals surface area contributed by atoms with Crippen LogP contribution in [0.25, 0.3) is 0 Å². The molecular formula is C22H44N2O2. The maximum Gasteiger partial charge on any atom is 0.234 e. The molecule has 1 N–H and O–H groups in total. The number of hydrogen-bond donors (Lipinski definition) is 1. The number of nitrogens with zero attached hydrogens (tertiary/aromatic N) is 1. The van der Waals surface area contributed by atoms with Gasteiger partial charge in [0.25, 0.3) is 0 Å². The van der Waals surface area contributed by atoms with Crippen LogP contribution in [-0.2, 0) is 9.53 Å².